The molecule has 1 fully saturated rings. The molecule has 2 aromatic carbocycles. The third-order valence-corrected chi connectivity index (χ3v) is 7.02. The minimum Gasteiger partial charge on any atom is -0.379 e. The molecule has 0 spiro atoms. The number of fused-ring (bicyclic) bond motifs is 1. The number of halogens is 2. The summed E-state index contributed by atoms with van der Waals surface area (Å²) in [7, 11) is 0. The number of amides is 1. The van der Waals surface area contributed by atoms with Crippen LogP contribution in [0.4, 0.5) is 13.9 Å². The van der Waals surface area contributed by atoms with Crippen molar-refractivity contribution in [3.8, 4) is 0 Å². The van der Waals surface area contributed by atoms with Crippen LogP contribution in [-0.4, -0.2) is 60.9 Å². The number of thioether (sulfide) groups is 1. The number of thiazole rings is 1. The normalized spacial score (nSPS) is 14.8. The zero-order chi connectivity index (χ0) is 21.8. The van der Waals surface area contributed by atoms with Crippen molar-refractivity contribution in [3.63, 3.8) is 0 Å². The lowest BCUT2D eigenvalue weighted by atomic mass is 10.2. The van der Waals surface area contributed by atoms with Crippen LogP contribution in [0.3, 0.4) is 0 Å². The zero-order valence-corrected chi connectivity index (χ0v) is 18.8. The lowest BCUT2D eigenvalue weighted by Crippen LogP contribution is -2.43. The molecule has 9 heteroatoms. The number of nitrogens with zero attached hydrogens (tertiary/aromatic N) is 3. The molecule has 31 heavy (non-hydrogen) atoms. The van der Waals surface area contributed by atoms with Gasteiger partial charge in [-0.2, -0.15) is 0 Å². The first-order valence-corrected chi connectivity index (χ1v) is 12.0. The van der Waals surface area contributed by atoms with Gasteiger partial charge in [-0.1, -0.05) is 30.4 Å². The number of hydrogen-bond acceptors (Lipinski definition) is 6. The Labute approximate surface area is 188 Å². The summed E-state index contributed by atoms with van der Waals surface area (Å²) in [5.41, 5.74) is 0.670. The topological polar surface area (TPSA) is 45.7 Å². The van der Waals surface area contributed by atoms with Crippen molar-refractivity contribution in [1.29, 1.82) is 0 Å². The maximum Gasteiger partial charge on any atom is 0.261 e. The first-order chi connectivity index (χ1) is 15.1. The number of morpholine rings is 1. The number of carbonyl (C=O) groups excluding carboxylic acids is 1. The van der Waals surface area contributed by atoms with E-state index in [0.717, 1.165) is 41.1 Å². The Hall–Kier alpha value is -2.07. The van der Waals surface area contributed by atoms with Crippen LogP contribution < -0.4 is 4.90 Å². The Morgan fingerprint density at radius 2 is 2.03 bits per heavy atom. The quantitative estimate of drug-likeness (QED) is 0.477. The molecule has 0 radical (unpaired) electrons. The van der Waals surface area contributed by atoms with Gasteiger partial charge in [-0.3, -0.25) is 14.6 Å². The van der Waals surface area contributed by atoms with Gasteiger partial charge in [-0.25, -0.2) is 13.8 Å². The average Bonchev–Trinajstić information content (AvgIpc) is 3.19. The highest BCUT2D eigenvalue weighted by atomic mass is 32.2. The molecule has 5 nitrogen and oxygen atoms in total. The van der Waals surface area contributed by atoms with E-state index in [1.165, 1.54) is 6.07 Å². The third kappa shape index (κ3) is 5.06. The summed E-state index contributed by atoms with van der Waals surface area (Å²) < 4.78 is 33.7. The Morgan fingerprint density at radius 3 is 2.81 bits per heavy atom. The van der Waals surface area contributed by atoms with Crippen molar-refractivity contribution in [2.75, 3.05) is 50.0 Å². The fraction of sp³-hybridized carbons (Fsp3) is 0.364. The fourth-order valence-electron chi connectivity index (χ4n) is 3.48. The molecule has 0 aliphatic carbocycles. The maximum absolute atomic E-state index is 14.3. The standard InChI is InChI=1S/C22H23F2N3O2S2/c1-2-30-18-6-4-3-5-16(18)21(28)27(8-7-26-9-11-29-12-10-26)22-25-20-17(24)13-15(23)14-19(20)31-22/h3-6,13-14H,2,7-12H2,1H3. The fourth-order valence-corrected chi connectivity index (χ4v) is 5.31. The van der Waals surface area contributed by atoms with Gasteiger partial charge >= 0.3 is 0 Å². The van der Waals surface area contributed by atoms with Crippen LogP contribution in [0.25, 0.3) is 10.2 Å². The van der Waals surface area contributed by atoms with Gasteiger partial charge in [0.05, 0.1) is 23.5 Å². The highest BCUT2D eigenvalue weighted by Gasteiger charge is 2.25. The molecule has 164 valence electrons. The number of benzene rings is 2. The van der Waals surface area contributed by atoms with Gasteiger partial charge in [0.1, 0.15) is 11.3 Å². The van der Waals surface area contributed by atoms with Crippen molar-refractivity contribution < 1.29 is 18.3 Å². The summed E-state index contributed by atoms with van der Waals surface area (Å²) in [4.78, 5) is 22.7. The summed E-state index contributed by atoms with van der Waals surface area (Å²) in [6.45, 7) is 5.99. The second kappa shape index (κ2) is 10.0. The minimum atomic E-state index is -0.722. The molecule has 0 N–H and O–H groups in total. The molecule has 0 unspecified atom stereocenters. The van der Waals surface area contributed by atoms with Crippen LogP contribution in [0.1, 0.15) is 17.3 Å². The van der Waals surface area contributed by atoms with Gasteiger partial charge in [-0.15, -0.1) is 11.8 Å². The molecule has 1 aliphatic heterocycles. The molecule has 4 rings (SSSR count). The van der Waals surface area contributed by atoms with Crippen molar-refractivity contribution in [1.82, 2.24) is 9.88 Å². The maximum atomic E-state index is 14.3. The van der Waals surface area contributed by atoms with E-state index in [2.05, 4.69) is 9.88 Å². The van der Waals surface area contributed by atoms with Gasteiger partial charge < -0.3 is 4.74 Å². The van der Waals surface area contributed by atoms with Gasteiger partial charge in [0.2, 0.25) is 0 Å². The lowest BCUT2D eigenvalue weighted by molar-refractivity contribution is 0.0391. The minimum absolute atomic E-state index is 0.0850. The van der Waals surface area contributed by atoms with Gasteiger partial charge in [-0.05, 0) is 24.0 Å². The van der Waals surface area contributed by atoms with E-state index in [4.69, 9.17) is 4.74 Å². The number of anilines is 1. The van der Waals surface area contributed by atoms with E-state index >= 15 is 0 Å². The number of rotatable bonds is 7. The molecule has 0 atom stereocenters. The van der Waals surface area contributed by atoms with Crippen LogP contribution in [0.15, 0.2) is 41.3 Å². The van der Waals surface area contributed by atoms with E-state index in [9.17, 15) is 13.6 Å². The SMILES string of the molecule is CCSc1ccccc1C(=O)N(CCN1CCOCC1)c1nc2c(F)cc(F)cc2s1. The average molecular weight is 464 g/mol. The van der Waals surface area contributed by atoms with Crippen LogP contribution in [0.5, 0.6) is 0 Å². The van der Waals surface area contributed by atoms with Crippen molar-refractivity contribution >= 4 is 44.4 Å². The molecule has 1 aromatic heterocycles. The number of carbonyl (C=O) groups is 1. The van der Waals surface area contributed by atoms with E-state index in [1.54, 1.807) is 22.7 Å². The van der Waals surface area contributed by atoms with Gasteiger partial charge in [0.15, 0.2) is 10.9 Å². The van der Waals surface area contributed by atoms with E-state index in [0.29, 0.717) is 41.7 Å². The first-order valence-electron chi connectivity index (χ1n) is 10.2. The predicted molar refractivity (Wildman–Crippen MR) is 121 cm³/mol. The Kier molecular flexibility index (Phi) is 7.16. The number of hydrogen-bond donors (Lipinski definition) is 0. The van der Waals surface area contributed by atoms with E-state index < -0.39 is 11.6 Å². The second-order valence-corrected chi connectivity index (χ2v) is 9.39. The first kappa shape index (κ1) is 22.1. The van der Waals surface area contributed by atoms with Crippen LogP contribution in [0.2, 0.25) is 0 Å². The lowest BCUT2D eigenvalue weighted by Gasteiger charge is -2.29. The smallest absolute Gasteiger partial charge is 0.261 e. The molecule has 0 saturated carbocycles. The van der Waals surface area contributed by atoms with Crippen molar-refractivity contribution in [2.24, 2.45) is 0 Å². The second-order valence-electron chi connectivity index (χ2n) is 7.07. The van der Waals surface area contributed by atoms with Crippen LogP contribution in [-0.2, 0) is 4.74 Å². The molecular weight excluding hydrogens is 440 g/mol. The monoisotopic (exact) mass is 463 g/mol. The predicted octanol–water partition coefficient (Wildman–Crippen LogP) is 4.67. The van der Waals surface area contributed by atoms with Crippen LogP contribution in [0, 0.1) is 11.6 Å². The van der Waals surface area contributed by atoms with E-state index in [1.807, 2.05) is 25.1 Å². The molecule has 3 aromatic rings. The zero-order valence-electron chi connectivity index (χ0n) is 17.1. The third-order valence-electron chi connectivity index (χ3n) is 5.04. The van der Waals surface area contributed by atoms with Crippen molar-refractivity contribution in [3.05, 3.63) is 53.6 Å². The molecule has 0 bridgehead atoms. The number of aromatic nitrogens is 1. The van der Waals surface area contributed by atoms with Gasteiger partial charge in [0.25, 0.3) is 5.91 Å². The summed E-state index contributed by atoms with van der Waals surface area (Å²) in [5, 5.41) is 0.370. The Balaban J connectivity index is 1.69. The van der Waals surface area contributed by atoms with Gasteiger partial charge in [0, 0.05) is 37.1 Å². The molecule has 1 amide bonds. The molecule has 2 heterocycles. The highest BCUT2D eigenvalue weighted by Crippen LogP contribution is 2.33. The number of ether oxygens (including phenoxy) is 1. The molecular formula is C22H23F2N3O2S2. The highest BCUT2D eigenvalue weighted by molar-refractivity contribution is 7.99. The van der Waals surface area contributed by atoms with Crippen molar-refractivity contribution in [2.45, 2.75) is 11.8 Å². The summed E-state index contributed by atoms with van der Waals surface area (Å²) in [6, 6.07) is 9.54. The Bertz CT molecular complexity index is 1070. The molecule has 1 saturated heterocycles. The molecule has 1 aliphatic rings. The summed E-state index contributed by atoms with van der Waals surface area (Å²) in [6.07, 6.45) is 0. The van der Waals surface area contributed by atoms with E-state index in [-0.39, 0.29) is 11.4 Å². The van der Waals surface area contributed by atoms with Crippen LogP contribution >= 0.6 is 23.1 Å². The Morgan fingerprint density at radius 1 is 1.26 bits per heavy atom. The largest absolute Gasteiger partial charge is 0.379 e. The summed E-state index contributed by atoms with van der Waals surface area (Å²) >= 11 is 2.72. The summed E-state index contributed by atoms with van der Waals surface area (Å²) in [5.74, 6) is -0.732.